The largest absolute Gasteiger partial charge is 0.397 e. The molecule has 1 aromatic rings. The van der Waals surface area contributed by atoms with E-state index in [2.05, 4.69) is 37.8 Å². The number of nitrogens with two attached hydrogens (primary N) is 1. The highest BCUT2D eigenvalue weighted by Crippen LogP contribution is 2.48. The summed E-state index contributed by atoms with van der Waals surface area (Å²) < 4.78 is 6.00. The van der Waals surface area contributed by atoms with E-state index in [4.69, 9.17) is 10.5 Å². The van der Waals surface area contributed by atoms with Crippen molar-refractivity contribution in [3.8, 4) is 0 Å². The Morgan fingerprint density at radius 2 is 2.05 bits per heavy atom. The molecule has 2 atom stereocenters. The molecule has 0 radical (unpaired) electrons. The van der Waals surface area contributed by atoms with Crippen LogP contribution in [0.3, 0.4) is 0 Å². The number of benzene rings is 1. The lowest BCUT2D eigenvalue weighted by atomic mass is 9.72. The van der Waals surface area contributed by atoms with Gasteiger partial charge < -0.3 is 15.4 Å². The highest BCUT2D eigenvalue weighted by atomic mass is 16.5. The van der Waals surface area contributed by atoms with Crippen LogP contribution in [0.5, 0.6) is 0 Å². The molecule has 2 saturated heterocycles. The molecule has 2 aliphatic heterocycles. The second kappa shape index (κ2) is 4.66. The standard InChI is InChI=1S/C17H26N2O/c1-13-10-17(11-16(2,3)20-12-17)8-9-19(13)15-7-5-4-6-14(15)18/h4-7,13H,8-12,18H2,1-3H3/t13-,17?/m1/s1. The summed E-state index contributed by atoms with van der Waals surface area (Å²) >= 11 is 0. The van der Waals surface area contributed by atoms with Crippen molar-refractivity contribution < 1.29 is 4.74 Å². The van der Waals surface area contributed by atoms with E-state index in [-0.39, 0.29) is 5.60 Å². The summed E-state index contributed by atoms with van der Waals surface area (Å²) in [7, 11) is 0. The topological polar surface area (TPSA) is 38.5 Å². The summed E-state index contributed by atoms with van der Waals surface area (Å²) in [4.78, 5) is 2.46. The van der Waals surface area contributed by atoms with Crippen LogP contribution in [0.4, 0.5) is 11.4 Å². The number of rotatable bonds is 1. The first-order chi connectivity index (χ1) is 9.41. The number of piperidine rings is 1. The number of ether oxygens (including phenoxy) is 1. The van der Waals surface area contributed by atoms with Gasteiger partial charge in [-0.25, -0.2) is 0 Å². The summed E-state index contributed by atoms with van der Waals surface area (Å²) in [5, 5.41) is 0. The molecule has 20 heavy (non-hydrogen) atoms. The van der Waals surface area contributed by atoms with E-state index in [1.54, 1.807) is 0 Å². The Labute approximate surface area is 122 Å². The second-order valence-corrected chi connectivity index (χ2v) is 7.28. The zero-order valence-corrected chi connectivity index (χ0v) is 12.9. The van der Waals surface area contributed by atoms with Gasteiger partial charge in [0.2, 0.25) is 0 Å². The number of nitrogens with zero attached hydrogens (tertiary/aromatic N) is 1. The van der Waals surface area contributed by atoms with E-state index in [9.17, 15) is 0 Å². The molecule has 1 aromatic carbocycles. The molecule has 0 bridgehead atoms. The van der Waals surface area contributed by atoms with E-state index in [1.807, 2.05) is 12.1 Å². The molecule has 2 fully saturated rings. The lowest BCUT2D eigenvalue weighted by Gasteiger charge is -2.45. The van der Waals surface area contributed by atoms with Crippen molar-refractivity contribution >= 4 is 11.4 Å². The van der Waals surface area contributed by atoms with Crippen molar-refractivity contribution in [3.63, 3.8) is 0 Å². The molecule has 1 unspecified atom stereocenters. The number of hydrogen-bond acceptors (Lipinski definition) is 3. The molecule has 2 heterocycles. The van der Waals surface area contributed by atoms with Crippen molar-refractivity contribution in [1.82, 2.24) is 0 Å². The molecule has 3 heteroatoms. The lowest BCUT2D eigenvalue weighted by Crippen LogP contribution is -2.46. The van der Waals surface area contributed by atoms with Gasteiger partial charge in [0, 0.05) is 18.0 Å². The van der Waals surface area contributed by atoms with Gasteiger partial charge in [0.25, 0.3) is 0 Å². The number of para-hydroxylation sites is 2. The average molecular weight is 274 g/mol. The van der Waals surface area contributed by atoms with E-state index in [1.165, 1.54) is 24.9 Å². The summed E-state index contributed by atoms with van der Waals surface area (Å²) in [5.41, 5.74) is 8.64. The van der Waals surface area contributed by atoms with Crippen LogP contribution >= 0.6 is 0 Å². The van der Waals surface area contributed by atoms with Crippen molar-refractivity contribution in [2.24, 2.45) is 5.41 Å². The van der Waals surface area contributed by atoms with Crippen LogP contribution in [0.1, 0.15) is 40.0 Å². The molecule has 3 nitrogen and oxygen atoms in total. The Kier molecular flexibility index (Phi) is 3.20. The van der Waals surface area contributed by atoms with Crippen molar-refractivity contribution in [2.45, 2.75) is 51.7 Å². The van der Waals surface area contributed by atoms with Crippen molar-refractivity contribution in [3.05, 3.63) is 24.3 Å². The minimum atomic E-state index is 0.0493. The van der Waals surface area contributed by atoms with Gasteiger partial charge in [-0.05, 0) is 52.2 Å². The molecule has 0 aliphatic carbocycles. The molecule has 2 N–H and O–H groups in total. The van der Waals surface area contributed by atoms with Gasteiger partial charge in [0.05, 0.1) is 23.6 Å². The van der Waals surface area contributed by atoms with E-state index >= 15 is 0 Å². The molecular weight excluding hydrogens is 248 g/mol. The van der Waals surface area contributed by atoms with Crippen LogP contribution in [0, 0.1) is 5.41 Å². The number of hydrogen-bond donors (Lipinski definition) is 1. The summed E-state index contributed by atoms with van der Waals surface area (Å²) in [5.74, 6) is 0. The maximum atomic E-state index is 6.14. The molecule has 1 spiro atoms. The molecule has 0 saturated carbocycles. The molecule has 110 valence electrons. The number of nitrogen functional groups attached to an aromatic ring is 1. The fourth-order valence-corrected chi connectivity index (χ4v) is 4.17. The van der Waals surface area contributed by atoms with Gasteiger partial charge >= 0.3 is 0 Å². The van der Waals surface area contributed by atoms with Gasteiger partial charge in [-0.2, -0.15) is 0 Å². The molecule has 0 amide bonds. The smallest absolute Gasteiger partial charge is 0.0633 e. The van der Waals surface area contributed by atoms with Gasteiger partial charge in [-0.15, -0.1) is 0 Å². The maximum absolute atomic E-state index is 6.14. The highest BCUT2D eigenvalue weighted by Gasteiger charge is 2.47. The van der Waals surface area contributed by atoms with Crippen molar-refractivity contribution in [1.29, 1.82) is 0 Å². The predicted molar refractivity (Wildman–Crippen MR) is 84.0 cm³/mol. The van der Waals surface area contributed by atoms with Crippen LogP contribution in [0.2, 0.25) is 0 Å². The van der Waals surface area contributed by atoms with E-state index in [0.29, 0.717) is 11.5 Å². The molecule has 2 aliphatic rings. The van der Waals surface area contributed by atoms with Crippen LogP contribution in [0.15, 0.2) is 24.3 Å². The SMILES string of the molecule is C[C@@H]1CC2(CCN1c1ccccc1N)COC(C)(C)C2. The fraction of sp³-hybridized carbons (Fsp3) is 0.647. The monoisotopic (exact) mass is 274 g/mol. The zero-order valence-electron chi connectivity index (χ0n) is 12.9. The normalized spacial score (nSPS) is 32.8. The first-order valence-electron chi connectivity index (χ1n) is 7.66. The molecule has 3 rings (SSSR count). The third kappa shape index (κ3) is 2.39. The van der Waals surface area contributed by atoms with Crippen LogP contribution in [-0.2, 0) is 4.74 Å². The minimum absolute atomic E-state index is 0.0493. The Hall–Kier alpha value is -1.22. The first-order valence-corrected chi connectivity index (χ1v) is 7.66. The Morgan fingerprint density at radius 1 is 1.30 bits per heavy atom. The lowest BCUT2D eigenvalue weighted by molar-refractivity contribution is 0.0287. The third-order valence-electron chi connectivity index (χ3n) is 4.96. The molecular formula is C17H26N2O. The minimum Gasteiger partial charge on any atom is -0.397 e. The zero-order chi connectivity index (χ0) is 14.4. The van der Waals surface area contributed by atoms with Gasteiger partial charge in [0.15, 0.2) is 0 Å². The maximum Gasteiger partial charge on any atom is 0.0633 e. The van der Waals surface area contributed by atoms with Crippen molar-refractivity contribution in [2.75, 3.05) is 23.8 Å². The fourth-order valence-electron chi connectivity index (χ4n) is 4.17. The van der Waals surface area contributed by atoms with Gasteiger partial charge in [0.1, 0.15) is 0 Å². The van der Waals surface area contributed by atoms with Gasteiger partial charge in [-0.3, -0.25) is 0 Å². The molecule has 0 aromatic heterocycles. The highest BCUT2D eigenvalue weighted by molar-refractivity contribution is 5.67. The third-order valence-corrected chi connectivity index (χ3v) is 4.96. The Bertz CT molecular complexity index is 500. The first kappa shape index (κ1) is 13.7. The van der Waals surface area contributed by atoms with E-state index in [0.717, 1.165) is 18.8 Å². The summed E-state index contributed by atoms with van der Waals surface area (Å²) in [6, 6.07) is 8.73. The Balaban J connectivity index is 1.77. The average Bonchev–Trinajstić information content (AvgIpc) is 2.66. The quantitative estimate of drug-likeness (QED) is 0.797. The second-order valence-electron chi connectivity index (χ2n) is 7.28. The summed E-state index contributed by atoms with van der Waals surface area (Å²) in [6.07, 6.45) is 3.59. The van der Waals surface area contributed by atoms with Crippen LogP contribution in [-0.4, -0.2) is 24.8 Å². The van der Waals surface area contributed by atoms with E-state index < -0.39 is 0 Å². The van der Waals surface area contributed by atoms with Crippen LogP contribution in [0.25, 0.3) is 0 Å². The predicted octanol–water partition coefficient (Wildman–Crippen LogP) is 3.44. The summed E-state index contributed by atoms with van der Waals surface area (Å²) in [6.45, 7) is 8.75. The number of anilines is 2. The Morgan fingerprint density at radius 3 is 2.65 bits per heavy atom. The van der Waals surface area contributed by atoms with Crippen LogP contribution < -0.4 is 10.6 Å². The van der Waals surface area contributed by atoms with Gasteiger partial charge in [-0.1, -0.05) is 12.1 Å².